The summed E-state index contributed by atoms with van der Waals surface area (Å²) in [6, 6.07) is 4.41. The Kier molecular flexibility index (Phi) is 2.19. The molecule has 0 aromatic heterocycles. The summed E-state index contributed by atoms with van der Waals surface area (Å²) in [5.41, 5.74) is 0.420. The number of benzene rings is 1. The molecule has 1 aromatic rings. The van der Waals surface area contributed by atoms with Crippen LogP contribution in [0.15, 0.2) is 24.3 Å². The zero-order chi connectivity index (χ0) is 11.1. The molecule has 4 nitrogen and oxygen atoms in total. The Labute approximate surface area is 87.7 Å². The summed E-state index contributed by atoms with van der Waals surface area (Å²) in [5.74, 6) is 0.504. The molecule has 0 radical (unpaired) electrons. The standard InChI is InChI=1S/C10H10O4S/c1-15(12,13)10-4-5-14-9-3-2-7(11)6-8(9)10/h2-4,6,11H,5H2,1H3. The SMILES string of the molecule is CS(=O)(=O)C1=CCOc2ccc(O)cc21. The van der Waals surface area contributed by atoms with E-state index in [1.54, 1.807) is 6.07 Å². The fourth-order valence-electron chi connectivity index (χ4n) is 1.50. The topological polar surface area (TPSA) is 63.6 Å². The minimum Gasteiger partial charge on any atom is -0.508 e. The van der Waals surface area contributed by atoms with E-state index in [4.69, 9.17) is 4.74 Å². The molecule has 1 aliphatic rings. The third-order valence-corrected chi connectivity index (χ3v) is 3.32. The summed E-state index contributed by atoms with van der Waals surface area (Å²) in [6.45, 7) is 0.236. The number of aromatic hydroxyl groups is 1. The molecule has 0 saturated carbocycles. The molecule has 1 N–H and O–H groups in total. The van der Waals surface area contributed by atoms with E-state index in [-0.39, 0.29) is 17.3 Å². The van der Waals surface area contributed by atoms with Crippen molar-refractivity contribution >= 4 is 14.7 Å². The first-order valence-corrected chi connectivity index (χ1v) is 6.24. The molecule has 15 heavy (non-hydrogen) atoms. The number of phenols is 1. The summed E-state index contributed by atoms with van der Waals surface area (Å²) in [6.07, 6.45) is 2.63. The zero-order valence-corrected chi connectivity index (χ0v) is 8.91. The van der Waals surface area contributed by atoms with E-state index < -0.39 is 9.84 Å². The van der Waals surface area contributed by atoms with E-state index in [9.17, 15) is 13.5 Å². The van der Waals surface area contributed by atoms with Gasteiger partial charge in [-0.1, -0.05) is 0 Å². The zero-order valence-electron chi connectivity index (χ0n) is 8.10. The van der Waals surface area contributed by atoms with Gasteiger partial charge in [0.05, 0.1) is 4.91 Å². The molecule has 0 atom stereocenters. The Bertz CT molecular complexity index is 528. The molecule has 0 fully saturated rings. The van der Waals surface area contributed by atoms with E-state index in [1.165, 1.54) is 18.2 Å². The van der Waals surface area contributed by atoms with Crippen LogP contribution in [0.4, 0.5) is 0 Å². The molecule has 0 saturated heterocycles. The second kappa shape index (κ2) is 3.27. The van der Waals surface area contributed by atoms with Gasteiger partial charge in [-0.05, 0) is 24.3 Å². The molecule has 0 spiro atoms. The third kappa shape index (κ3) is 1.83. The predicted octanol–water partition coefficient (Wildman–Crippen LogP) is 1.17. The lowest BCUT2D eigenvalue weighted by molar-refractivity contribution is 0.356. The number of rotatable bonds is 1. The highest BCUT2D eigenvalue weighted by atomic mass is 32.2. The van der Waals surface area contributed by atoms with Crippen LogP contribution in [-0.2, 0) is 9.84 Å². The highest BCUT2D eigenvalue weighted by Gasteiger charge is 2.21. The van der Waals surface area contributed by atoms with Crippen molar-refractivity contribution in [2.24, 2.45) is 0 Å². The van der Waals surface area contributed by atoms with Crippen molar-refractivity contribution in [3.05, 3.63) is 29.8 Å². The van der Waals surface area contributed by atoms with Crippen molar-refractivity contribution in [2.45, 2.75) is 0 Å². The lowest BCUT2D eigenvalue weighted by atomic mass is 10.1. The van der Waals surface area contributed by atoms with Gasteiger partial charge < -0.3 is 9.84 Å². The van der Waals surface area contributed by atoms with Gasteiger partial charge in [0.25, 0.3) is 0 Å². The largest absolute Gasteiger partial charge is 0.508 e. The third-order valence-electron chi connectivity index (χ3n) is 2.14. The maximum absolute atomic E-state index is 11.5. The van der Waals surface area contributed by atoms with E-state index in [1.807, 2.05) is 0 Å². The molecule has 0 unspecified atom stereocenters. The van der Waals surface area contributed by atoms with Crippen LogP contribution in [0.1, 0.15) is 5.56 Å². The predicted molar refractivity (Wildman–Crippen MR) is 56.4 cm³/mol. The minimum absolute atomic E-state index is 0.0220. The van der Waals surface area contributed by atoms with E-state index in [0.29, 0.717) is 11.3 Å². The van der Waals surface area contributed by atoms with Crippen molar-refractivity contribution in [1.82, 2.24) is 0 Å². The molecule has 1 aliphatic heterocycles. The molecule has 80 valence electrons. The summed E-state index contributed by atoms with van der Waals surface area (Å²) in [5, 5.41) is 9.29. The van der Waals surface area contributed by atoms with Crippen LogP contribution in [0.2, 0.25) is 0 Å². The monoisotopic (exact) mass is 226 g/mol. The summed E-state index contributed by atoms with van der Waals surface area (Å²) >= 11 is 0. The van der Waals surface area contributed by atoms with E-state index in [2.05, 4.69) is 0 Å². The molecule has 0 amide bonds. The number of phenolic OH excluding ortho intramolecular Hbond substituents is 1. The van der Waals surface area contributed by atoms with Crippen LogP contribution in [0.3, 0.4) is 0 Å². The fourth-order valence-corrected chi connectivity index (χ4v) is 2.43. The number of ether oxygens (including phenoxy) is 1. The van der Waals surface area contributed by atoms with Crippen LogP contribution < -0.4 is 4.74 Å². The molecular formula is C10H10O4S. The Morgan fingerprint density at radius 2 is 2.13 bits per heavy atom. The first-order valence-electron chi connectivity index (χ1n) is 4.35. The number of hydrogen-bond donors (Lipinski definition) is 1. The van der Waals surface area contributed by atoms with E-state index in [0.717, 1.165) is 6.26 Å². The first kappa shape index (κ1) is 10.0. The molecule has 0 bridgehead atoms. The number of hydrogen-bond acceptors (Lipinski definition) is 4. The van der Waals surface area contributed by atoms with Crippen molar-refractivity contribution in [3.8, 4) is 11.5 Å². The van der Waals surface area contributed by atoms with Gasteiger partial charge in [0.15, 0.2) is 9.84 Å². The normalized spacial score (nSPS) is 15.1. The smallest absolute Gasteiger partial charge is 0.176 e. The number of fused-ring (bicyclic) bond motifs is 1. The van der Waals surface area contributed by atoms with Crippen molar-refractivity contribution in [3.63, 3.8) is 0 Å². The van der Waals surface area contributed by atoms with Gasteiger partial charge >= 0.3 is 0 Å². The highest BCUT2D eigenvalue weighted by Crippen LogP contribution is 2.34. The molecule has 2 rings (SSSR count). The minimum atomic E-state index is -3.29. The summed E-state index contributed by atoms with van der Waals surface area (Å²) < 4.78 is 28.2. The molecule has 0 aliphatic carbocycles. The van der Waals surface area contributed by atoms with Crippen LogP contribution in [0, 0.1) is 0 Å². The van der Waals surface area contributed by atoms with Gasteiger partial charge in [0, 0.05) is 11.8 Å². The lowest BCUT2D eigenvalue weighted by Crippen LogP contribution is -2.10. The highest BCUT2D eigenvalue weighted by molar-refractivity contribution is 8.00. The van der Waals surface area contributed by atoms with Crippen LogP contribution in [0.5, 0.6) is 11.5 Å². The second-order valence-electron chi connectivity index (χ2n) is 3.33. The van der Waals surface area contributed by atoms with Gasteiger partial charge in [0.2, 0.25) is 0 Å². The van der Waals surface area contributed by atoms with Gasteiger partial charge in [-0.2, -0.15) is 0 Å². The first-order chi connectivity index (χ1) is 6.98. The van der Waals surface area contributed by atoms with Crippen molar-refractivity contribution in [1.29, 1.82) is 0 Å². The Hall–Kier alpha value is -1.49. The van der Waals surface area contributed by atoms with Crippen LogP contribution >= 0.6 is 0 Å². The van der Waals surface area contributed by atoms with Crippen LogP contribution in [0.25, 0.3) is 4.91 Å². The van der Waals surface area contributed by atoms with Gasteiger partial charge in [0.1, 0.15) is 18.1 Å². The number of sulfone groups is 1. The van der Waals surface area contributed by atoms with Crippen LogP contribution in [-0.4, -0.2) is 26.4 Å². The Morgan fingerprint density at radius 1 is 1.40 bits per heavy atom. The average molecular weight is 226 g/mol. The second-order valence-corrected chi connectivity index (χ2v) is 5.32. The quantitative estimate of drug-likeness (QED) is 0.780. The van der Waals surface area contributed by atoms with Gasteiger partial charge in [-0.25, -0.2) is 8.42 Å². The fraction of sp³-hybridized carbons (Fsp3) is 0.200. The molecule has 1 aromatic carbocycles. The van der Waals surface area contributed by atoms with E-state index >= 15 is 0 Å². The summed E-state index contributed by atoms with van der Waals surface area (Å²) in [7, 11) is -3.29. The molecule has 1 heterocycles. The molecule has 5 heteroatoms. The lowest BCUT2D eigenvalue weighted by Gasteiger charge is -2.17. The van der Waals surface area contributed by atoms with Gasteiger partial charge in [-0.15, -0.1) is 0 Å². The molecular weight excluding hydrogens is 216 g/mol. The Balaban J connectivity index is 2.65. The van der Waals surface area contributed by atoms with Crippen molar-refractivity contribution < 1.29 is 18.3 Å². The van der Waals surface area contributed by atoms with Crippen molar-refractivity contribution in [2.75, 3.05) is 12.9 Å². The maximum atomic E-state index is 11.5. The average Bonchev–Trinajstić information content (AvgIpc) is 2.15. The van der Waals surface area contributed by atoms with Gasteiger partial charge in [-0.3, -0.25) is 0 Å². The summed E-state index contributed by atoms with van der Waals surface area (Å²) in [4.78, 5) is 0.208. The Morgan fingerprint density at radius 3 is 2.80 bits per heavy atom. The maximum Gasteiger partial charge on any atom is 0.176 e.